The van der Waals surface area contributed by atoms with Gasteiger partial charge in [-0.2, -0.15) is 8.42 Å². The minimum absolute atomic E-state index is 0.00770. The summed E-state index contributed by atoms with van der Waals surface area (Å²) in [6, 6.07) is 19.5. The normalized spacial score (nSPS) is 11.0. The van der Waals surface area contributed by atoms with Crippen LogP contribution in [0.5, 0.6) is 5.75 Å². The third-order valence-corrected chi connectivity index (χ3v) is 4.96. The van der Waals surface area contributed by atoms with Crippen LogP contribution in [0.4, 0.5) is 4.39 Å². The molecule has 0 saturated heterocycles. The number of carbonyl (C=O) groups is 1. The van der Waals surface area contributed by atoms with Gasteiger partial charge in [0.2, 0.25) is 0 Å². The van der Waals surface area contributed by atoms with E-state index in [-0.39, 0.29) is 22.1 Å². The molecule has 3 aromatic carbocycles. The average Bonchev–Trinajstić information content (AvgIpc) is 2.67. The highest BCUT2D eigenvalue weighted by atomic mass is 32.2. The van der Waals surface area contributed by atoms with Crippen molar-refractivity contribution in [2.24, 2.45) is 0 Å². The van der Waals surface area contributed by atoms with Crippen molar-refractivity contribution < 1.29 is 21.8 Å². The first-order chi connectivity index (χ1) is 12.9. The maximum atomic E-state index is 13.0. The van der Waals surface area contributed by atoms with Crippen LogP contribution in [0.25, 0.3) is 0 Å². The maximum Gasteiger partial charge on any atom is 0.339 e. The van der Waals surface area contributed by atoms with Gasteiger partial charge in [-0.1, -0.05) is 36.4 Å². The van der Waals surface area contributed by atoms with Crippen LogP contribution in [-0.4, -0.2) is 14.3 Å². The topological polar surface area (TPSA) is 72.5 Å². The van der Waals surface area contributed by atoms with Crippen molar-refractivity contribution in [3.63, 3.8) is 0 Å². The van der Waals surface area contributed by atoms with Crippen molar-refractivity contribution >= 4 is 16.0 Å². The fourth-order valence-electron chi connectivity index (χ4n) is 2.35. The molecule has 0 atom stereocenters. The lowest BCUT2D eigenvalue weighted by molar-refractivity contribution is 0.0950. The molecule has 3 rings (SSSR count). The first-order valence-electron chi connectivity index (χ1n) is 8.06. The fraction of sp³-hybridized carbons (Fsp3) is 0.0500. The zero-order valence-electron chi connectivity index (χ0n) is 14.1. The Hall–Kier alpha value is -3.19. The smallest absolute Gasteiger partial charge is 0.339 e. The minimum atomic E-state index is -4.13. The highest BCUT2D eigenvalue weighted by molar-refractivity contribution is 7.87. The van der Waals surface area contributed by atoms with Gasteiger partial charge in [-0.05, 0) is 48.0 Å². The second-order valence-electron chi connectivity index (χ2n) is 5.69. The summed E-state index contributed by atoms with van der Waals surface area (Å²) in [5.41, 5.74) is 1.20. The molecule has 1 amide bonds. The molecule has 138 valence electrons. The molecular weight excluding hydrogens is 369 g/mol. The van der Waals surface area contributed by atoms with Gasteiger partial charge in [-0.25, -0.2) is 4.39 Å². The SMILES string of the molecule is O=C(NCc1ccccc1)c1cccc(OS(=O)(=O)c2ccc(F)cc2)c1. The third-order valence-electron chi connectivity index (χ3n) is 3.70. The minimum Gasteiger partial charge on any atom is -0.379 e. The summed E-state index contributed by atoms with van der Waals surface area (Å²) < 4.78 is 42.5. The Bertz CT molecular complexity index is 1040. The van der Waals surface area contributed by atoms with E-state index in [0.29, 0.717) is 6.54 Å². The number of carbonyl (C=O) groups excluding carboxylic acids is 1. The van der Waals surface area contributed by atoms with E-state index in [0.717, 1.165) is 29.8 Å². The molecular formula is C20H16FNO4S. The van der Waals surface area contributed by atoms with E-state index in [2.05, 4.69) is 5.32 Å². The first kappa shape index (κ1) is 18.6. The summed E-state index contributed by atoms with van der Waals surface area (Å²) in [6.45, 7) is 0.346. The van der Waals surface area contributed by atoms with E-state index in [1.54, 1.807) is 6.07 Å². The lowest BCUT2D eigenvalue weighted by atomic mass is 10.2. The van der Waals surface area contributed by atoms with Crippen LogP contribution in [0.1, 0.15) is 15.9 Å². The Morgan fingerprint density at radius 3 is 2.33 bits per heavy atom. The molecule has 0 radical (unpaired) electrons. The molecule has 0 heterocycles. The van der Waals surface area contributed by atoms with Gasteiger partial charge in [0.15, 0.2) is 0 Å². The molecule has 3 aromatic rings. The Morgan fingerprint density at radius 1 is 0.926 bits per heavy atom. The van der Waals surface area contributed by atoms with Crippen molar-refractivity contribution in [2.75, 3.05) is 0 Å². The Balaban J connectivity index is 1.71. The quantitative estimate of drug-likeness (QED) is 0.659. The van der Waals surface area contributed by atoms with Crippen molar-refractivity contribution in [2.45, 2.75) is 11.4 Å². The molecule has 0 unspecified atom stereocenters. The maximum absolute atomic E-state index is 13.0. The standard InChI is InChI=1S/C20H16FNO4S/c21-17-9-11-19(12-10-17)27(24,25)26-18-8-4-7-16(13-18)20(23)22-14-15-5-2-1-3-6-15/h1-13H,14H2,(H,22,23). The lowest BCUT2D eigenvalue weighted by Crippen LogP contribution is -2.22. The molecule has 7 heteroatoms. The Morgan fingerprint density at radius 2 is 1.63 bits per heavy atom. The zero-order valence-corrected chi connectivity index (χ0v) is 14.9. The largest absolute Gasteiger partial charge is 0.379 e. The highest BCUT2D eigenvalue weighted by Crippen LogP contribution is 2.20. The van der Waals surface area contributed by atoms with Gasteiger partial charge >= 0.3 is 10.1 Å². The van der Waals surface area contributed by atoms with Gasteiger partial charge in [-0.15, -0.1) is 0 Å². The van der Waals surface area contributed by atoms with Crippen molar-refractivity contribution in [1.82, 2.24) is 5.32 Å². The van der Waals surface area contributed by atoms with Gasteiger partial charge in [-0.3, -0.25) is 4.79 Å². The number of rotatable bonds is 6. The molecule has 0 aliphatic rings. The zero-order chi connectivity index (χ0) is 19.3. The van der Waals surface area contributed by atoms with Crippen LogP contribution in [0.15, 0.2) is 83.8 Å². The number of halogens is 1. The van der Waals surface area contributed by atoms with E-state index in [1.165, 1.54) is 18.2 Å². The Labute approximate surface area is 156 Å². The molecule has 27 heavy (non-hydrogen) atoms. The van der Waals surface area contributed by atoms with E-state index in [1.807, 2.05) is 30.3 Å². The van der Waals surface area contributed by atoms with Gasteiger partial charge in [0.1, 0.15) is 16.5 Å². The summed E-state index contributed by atoms with van der Waals surface area (Å²) in [5, 5.41) is 2.76. The molecule has 5 nitrogen and oxygen atoms in total. The van der Waals surface area contributed by atoms with Crippen LogP contribution >= 0.6 is 0 Å². The summed E-state index contributed by atoms with van der Waals surface area (Å²) in [7, 11) is -4.13. The van der Waals surface area contributed by atoms with Gasteiger partial charge in [0.05, 0.1) is 0 Å². The number of benzene rings is 3. The molecule has 0 fully saturated rings. The predicted molar refractivity (Wildman–Crippen MR) is 98.3 cm³/mol. The number of hydrogen-bond acceptors (Lipinski definition) is 4. The molecule has 0 spiro atoms. The number of nitrogens with one attached hydrogen (secondary N) is 1. The number of hydrogen-bond donors (Lipinski definition) is 1. The molecule has 0 aliphatic carbocycles. The molecule has 0 saturated carbocycles. The lowest BCUT2D eigenvalue weighted by Gasteiger charge is -2.09. The van der Waals surface area contributed by atoms with E-state index < -0.39 is 15.9 Å². The first-order valence-corrected chi connectivity index (χ1v) is 9.47. The molecule has 0 aliphatic heterocycles. The molecule has 0 bridgehead atoms. The Kier molecular flexibility index (Phi) is 5.52. The van der Waals surface area contributed by atoms with Gasteiger partial charge in [0, 0.05) is 12.1 Å². The van der Waals surface area contributed by atoms with Crippen molar-refractivity contribution in [3.8, 4) is 5.75 Å². The van der Waals surface area contributed by atoms with Crippen molar-refractivity contribution in [1.29, 1.82) is 0 Å². The average molecular weight is 385 g/mol. The van der Waals surface area contributed by atoms with Crippen LogP contribution in [0.3, 0.4) is 0 Å². The molecule has 0 aromatic heterocycles. The summed E-state index contributed by atoms with van der Waals surface area (Å²) in [6.07, 6.45) is 0. The van der Waals surface area contributed by atoms with Crippen molar-refractivity contribution in [3.05, 3.63) is 95.8 Å². The molecule has 1 N–H and O–H groups in total. The summed E-state index contributed by atoms with van der Waals surface area (Å²) in [4.78, 5) is 12.1. The predicted octanol–water partition coefficient (Wildman–Crippen LogP) is 3.52. The second kappa shape index (κ2) is 8.01. The van der Waals surface area contributed by atoms with E-state index in [9.17, 15) is 17.6 Å². The second-order valence-corrected chi connectivity index (χ2v) is 7.23. The van der Waals surface area contributed by atoms with Crippen LogP contribution in [-0.2, 0) is 16.7 Å². The van der Waals surface area contributed by atoms with Gasteiger partial charge in [0.25, 0.3) is 5.91 Å². The van der Waals surface area contributed by atoms with Gasteiger partial charge < -0.3 is 9.50 Å². The summed E-state index contributed by atoms with van der Waals surface area (Å²) >= 11 is 0. The fourth-order valence-corrected chi connectivity index (χ4v) is 3.27. The van der Waals surface area contributed by atoms with E-state index in [4.69, 9.17) is 4.18 Å². The van der Waals surface area contributed by atoms with Crippen LogP contribution in [0.2, 0.25) is 0 Å². The highest BCUT2D eigenvalue weighted by Gasteiger charge is 2.17. The van der Waals surface area contributed by atoms with Crippen LogP contribution in [0, 0.1) is 5.82 Å². The summed E-state index contributed by atoms with van der Waals surface area (Å²) in [5.74, 6) is -0.916. The van der Waals surface area contributed by atoms with Crippen LogP contribution < -0.4 is 9.50 Å². The monoisotopic (exact) mass is 385 g/mol. The van der Waals surface area contributed by atoms with E-state index >= 15 is 0 Å². The third kappa shape index (κ3) is 4.92. The number of amides is 1.